The van der Waals surface area contributed by atoms with Gasteiger partial charge in [0.05, 0.1) is 21.3 Å². The lowest BCUT2D eigenvalue weighted by Gasteiger charge is -2.34. The van der Waals surface area contributed by atoms with Crippen LogP contribution in [0.5, 0.6) is 0 Å². The van der Waals surface area contributed by atoms with Crippen LogP contribution in [0, 0.1) is 5.92 Å². The Morgan fingerprint density at radius 2 is 2.16 bits per heavy atom. The molecule has 2 aliphatic heterocycles. The fourth-order valence-electron chi connectivity index (χ4n) is 4.21. The Labute approximate surface area is 154 Å². The SMILES string of the molecule is COC1CN(C)CCC1c1nc2cc([C@H]3CC[C@H](C)CN3)ccc2s1. The molecule has 1 aromatic heterocycles. The van der Waals surface area contributed by atoms with Crippen LogP contribution in [0.2, 0.25) is 0 Å². The van der Waals surface area contributed by atoms with Crippen molar-refractivity contribution in [1.82, 2.24) is 15.2 Å². The molecule has 0 bridgehead atoms. The summed E-state index contributed by atoms with van der Waals surface area (Å²) in [6.45, 7) is 5.56. The Bertz CT molecular complexity index is 723. The van der Waals surface area contributed by atoms with Gasteiger partial charge in [0.1, 0.15) is 0 Å². The second-order valence-electron chi connectivity index (χ2n) is 7.85. The molecule has 4 rings (SSSR count). The molecule has 136 valence electrons. The number of piperidine rings is 2. The van der Waals surface area contributed by atoms with E-state index in [1.807, 2.05) is 18.4 Å². The third-order valence-electron chi connectivity index (χ3n) is 5.87. The molecule has 2 unspecified atom stereocenters. The Balaban J connectivity index is 1.58. The quantitative estimate of drug-likeness (QED) is 0.905. The predicted molar refractivity (Wildman–Crippen MR) is 104 cm³/mol. The van der Waals surface area contributed by atoms with Crippen molar-refractivity contribution in [3.63, 3.8) is 0 Å². The number of nitrogens with zero attached hydrogens (tertiary/aromatic N) is 2. The molecule has 1 aromatic carbocycles. The second-order valence-corrected chi connectivity index (χ2v) is 8.92. The van der Waals surface area contributed by atoms with Crippen molar-refractivity contribution in [2.24, 2.45) is 5.92 Å². The van der Waals surface area contributed by atoms with Crippen molar-refractivity contribution in [3.8, 4) is 0 Å². The third kappa shape index (κ3) is 3.61. The molecule has 0 spiro atoms. The number of likely N-dealkylation sites (N-methyl/N-ethyl adjacent to an activating group) is 1. The number of benzene rings is 1. The molecule has 1 N–H and O–H groups in total. The van der Waals surface area contributed by atoms with Gasteiger partial charge in [0.15, 0.2) is 0 Å². The Kier molecular flexibility index (Phi) is 5.09. The number of nitrogens with one attached hydrogen (secondary N) is 1. The van der Waals surface area contributed by atoms with Gasteiger partial charge in [-0.15, -0.1) is 11.3 Å². The Hall–Kier alpha value is -1.01. The van der Waals surface area contributed by atoms with Gasteiger partial charge in [0.25, 0.3) is 0 Å². The molecular formula is C20H29N3OS. The molecule has 2 aliphatic rings. The molecule has 3 heterocycles. The van der Waals surface area contributed by atoms with Crippen molar-refractivity contribution in [2.45, 2.75) is 44.2 Å². The van der Waals surface area contributed by atoms with Gasteiger partial charge in [-0.05, 0) is 63.0 Å². The van der Waals surface area contributed by atoms with E-state index in [4.69, 9.17) is 9.72 Å². The van der Waals surface area contributed by atoms with Gasteiger partial charge in [-0.2, -0.15) is 0 Å². The minimum Gasteiger partial charge on any atom is -0.379 e. The fraction of sp³-hybridized carbons (Fsp3) is 0.650. The highest BCUT2D eigenvalue weighted by Gasteiger charge is 2.31. The standard InChI is InChI=1S/C20H29N3OS/c1-13-4-6-16(21-11-13)14-5-7-19-17(10-14)22-20(25-19)15-8-9-23(2)12-18(15)24-3/h5,7,10,13,15-16,18,21H,4,6,8-9,11-12H2,1-3H3/t13-,15?,16+,18?/m0/s1. The number of ether oxygens (including phenoxy) is 1. The lowest BCUT2D eigenvalue weighted by atomic mass is 9.92. The zero-order valence-electron chi connectivity index (χ0n) is 15.5. The number of methoxy groups -OCH3 is 1. The summed E-state index contributed by atoms with van der Waals surface area (Å²) in [5.74, 6) is 1.22. The van der Waals surface area contributed by atoms with E-state index in [1.54, 1.807) is 0 Å². The van der Waals surface area contributed by atoms with E-state index >= 15 is 0 Å². The van der Waals surface area contributed by atoms with Crippen molar-refractivity contribution in [1.29, 1.82) is 0 Å². The lowest BCUT2D eigenvalue weighted by Crippen LogP contribution is -2.41. The first-order valence-electron chi connectivity index (χ1n) is 9.49. The number of aromatic nitrogens is 1. The molecule has 0 radical (unpaired) electrons. The average Bonchev–Trinajstić information content (AvgIpc) is 3.05. The van der Waals surface area contributed by atoms with E-state index in [0.29, 0.717) is 12.0 Å². The van der Waals surface area contributed by atoms with Gasteiger partial charge in [-0.25, -0.2) is 4.98 Å². The normalized spacial score (nSPS) is 31.5. The summed E-state index contributed by atoms with van der Waals surface area (Å²) in [5, 5.41) is 4.94. The summed E-state index contributed by atoms with van der Waals surface area (Å²) < 4.78 is 7.07. The molecule has 0 saturated carbocycles. The summed E-state index contributed by atoms with van der Waals surface area (Å²) in [7, 11) is 4.00. The summed E-state index contributed by atoms with van der Waals surface area (Å²) in [6, 6.07) is 7.35. The van der Waals surface area contributed by atoms with E-state index in [0.717, 1.165) is 37.5 Å². The molecule has 4 nitrogen and oxygen atoms in total. The molecule has 4 atom stereocenters. The highest BCUT2D eigenvalue weighted by atomic mass is 32.1. The van der Waals surface area contributed by atoms with Crippen LogP contribution in [0.15, 0.2) is 18.2 Å². The van der Waals surface area contributed by atoms with Crippen LogP contribution in [-0.4, -0.2) is 49.8 Å². The van der Waals surface area contributed by atoms with E-state index in [1.165, 1.54) is 28.1 Å². The van der Waals surface area contributed by atoms with Gasteiger partial charge in [0.2, 0.25) is 0 Å². The van der Waals surface area contributed by atoms with Crippen molar-refractivity contribution < 1.29 is 4.74 Å². The Morgan fingerprint density at radius 3 is 2.92 bits per heavy atom. The van der Waals surface area contributed by atoms with Gasteiger partial charge in [-0.1, -0.05) is 13.0 Å². The van der Waals surface area contributed by atoms with E-state index in [9.17, 15) is 0 Å². The zero-order chi connectivity index (χ0) is 17.4. The predicted octanol–water partition coefficient (Wildman–Crippen LogP) is 3.79. The van der Waals surface area contributed by atoms with Crippen LogP contribution >= 0.6 is 11.3 Å². The number of hydrogen-bond acceptors (Lipinski definition) is 5. The highest BCUT2D eigenvalue weighted by molar-refractivity contribution is 7.18. The third-order valence-corrected chi connectivity index (χ3v) is 7.04. The number of thiazole rings is 1. The molecule has 2 saturated heterocycles. The van der Waals surface area contributed by atoms with Crippen LogP contribution in [-0.2, 0) is 4.74 Å². The smallest absolute Gasteiger partial charge is 0.0996 e. The molecular weight excluding hydrogens is 330 g/mol. The van der Waals surface area contributed by atoms with E-state index in [2.05, 4.69) is 42.4 Å². The summed E-state index contributed by atoms with van der Waals surface area (Å²) in [5.41, 5.74) is 2.55. The van der Waals surface area contributed by atoms with Crippen molar-refractivity contribution in [2.75, 3.05) is 33.8 Å². The number of hydrogen-bond donors (Lipinski definition) is 1. The van der Waals surface area contributed by atoms with Gasteiger partial charge < -0.3 is 15.0 Å². The molecule has 5 heteroatoms. The monoisotopic (exact) mass is 359 g/mol. The first kappa shape index (κ1) is 17.4. The lowest BCUT2D eigenvalue weighted by molar-refractivity contribution is 0.0233. The van der Waals surface area contributed by atoms with Crippen LogP contribution in [0.25, 0.3) is 10.2 Å². The Morgan fingerprint density at radius 1 is 1.28 bits per heavy atom. The van der Waals surface area contributed by atoms with Gasteiger partial charge >= 0.3 is 0 Å². The van der Waals surface area contributed by atoms with E-state index < -0.39 is 0 Å². The molecule has 2 fully saturated rings. The first-order valence-corrected chi connectivity index (χ1v) is 10.3. The topological polar surface area (TPSA) is 37.4 Å². The van der Waals surface area contributed by atoms with Gasteiger partial charge in [0, 0.05) is 25.6 Å². The van der Waals surface area contributed by atoms with Crippen molar-refractivity contribution in [3.05, 3.63) is 28.8 Å². The maximum atomic E-state index is 5.77. The minimum atomic E-state index is 0.250. The summed E-state index contributed by atoms with van der Waals surface area (Å²) in [4.78, 5) is 7.38. The zero-order valence-corrected chi connectivity index (χ0v) is 16.3. The first-order chi connectivity index (χ1) is 12.1. The largest absolute Gasteiger partial charge is 0.379 e. The summed E-state index contributed by atoms with van der Waals surface area (Å²) in [6.07, 6.45) is 3.91. The maximum absolute atomic E-state index is 5.77. The number of fused-ring (bicyclic) bond motifs is 1. The van der Waals surface area contributed by atoms with Crippen LogP contribution < -0.4 is 5.32 Å². The maximum Gasteiger partial charge on any atom is 0.0996 e. The van der Waals surface area contributed by atoms with Crippen LogP contribution in [0.3, 0.4) is 0 Å². The van der Waals surface area contributed by atoms with E-state index in [-0.39, 0.29) is 6.10 Å². The number of rotatable bonds is 3. The molecule has 2 aromatic rings. The average molecular weight is 360 g/mol. The second kappa shape index (κ2) is 7.31. The van der Waals surface area contributed by atoms with Gasteiger partial charge in [-0.3, -0.25) is 0 Å². The molecule has 25 heavy (non-hydrogen) atoms. The van der Waals surface area contributed by atoms with Crippen LogP contribution in [0.4, 0.5) is 0 Å². The minimum absolute atomic E-state index is 0.250. The number of likely N-dealkylation sites (tertiary alicyclic amines) is 1. The van der Waals surface area contributed by atoms with Crippen LogP contribution in [0.1, 0.15) is 48.7 Å². The molecule has 0 aliphatic carbocycles. The highest BCUT2D eigenvalue weighted by Crippen LogP contribution is 2.36. The fourth-order valence-corrected chi connectivity index (χ4v) is 5.35. The molecule has 0 amide bonds. The van der Waals surface area contributed by atoms with Crippen molar-refractivity contribution >= 4 is 21.6 Å². The summed E-state index contributed by atoms with van der Waals surface area (Å²) >= 11 is 1.85.